The van der Waals surface area contributed by atoms with Gasteiger partial charge in [-0.15, -0.1) is 0 Å². The summed E-state index contributed by atoms with van der Waals surface area (Å²) >= 11 is 3.38. The molecule has 1 fully saturated rings. The lowest BCUT2D eigenvalue weighted by Gasteiger charge is -2.12. The van der Waals surface area contributed by atoms with Crippen LogP contribution in [0.5, 0.6) is 0 Å². The second-order valence-corrected chi connectivity index (χ2v) is 4.65. The maximum atomic E-state index is 10.7. The van der Waals surface area contributed by atoms with Gasteiger partial charge in [0, 0.05) is 0 Å². The van der Waals surface area contributed by atoms with Crippen LogP contribution in [0.25, 0.3) is 0 Å². The largest absolute Gasteiger partial charge is 0.436 e. The van der Waals surface area contributed by atoms with Gasteiger partial charge in [0.2, 0.25) is 0 Å². The monoisotopic (exact) mass is 291 g/mol. The van der Waals surface area contributed by atoms with Crippen molar-refractivity contribution in [2.24, 2.45) is 0 Å². The number of aliphatic hydroxyl groups excluding tert-OH is 1. The summed E-state index contributed by atoms with van der Waals surface area (Å²) in [7, 11) is 0. The van der Waals surface area contributed by atoms with Crippen LogP contribution in [0.3, 0.4) is 0 Å². The van der Waals surface area contributed by atoms with E-state index >= 15 is 0 Å². The summed E-state index contributed by atoms with van der Waals surface area (Å²) in [5.74, 6) is -0.256. The molecule has 1 aromatic heterocycles. The van der Waals surface area contributed by atoms with Crippen molar-refractivity contribution < 1.29 is 14.8 Å². The summed E-state index contributed by atoms with van der Waals surface area (Å²) in [6.07, 6.45) is 2.66. The number of hydrogen-bond acceptors (Lipinski definition) is 5. The lowest BCUT2D eigenvalue weighted by Crippen LogP contribution is -2.17. The number of nitrogens with zero attached hydrogens (tertiary/aromatic N) is 3. The number of alkyl halides is 1. The van der Waals surface area contributed by atoms with Crippen molar-refractivity contribution in [3.63, 3.8) is 0 Å². The van der Waals surface area contributed by atoms with Gasteiger partial charge in [-0.25, -0.2) is 4.57 Å². The molecule has 2 rings (SSSR count). The Morgan fingerprint density at radius 1 is 1.81 bits per heavy atom. The molecular formula is C8H10BrN3O4. The Bertz CT molecular complexity index is 396. The zero-order chi connectivity index (χ0) is 11.7. The lowest BCUT2D eigenvalue weighted by atomic mass is 10.2. The standard InChI is InChI=1S/C8H10BrN3O4/c9-6-3-5(4-13)16-7(6)11-2-1-10-8(11)12(14)15/h1-2,5-7,13H,3-4H2/t5?,6-,7-/m1/s1. The Balaban J connectivity index is 2.24. The van der Waals surface area contributed by atoms with Crippen molar-refractivity contribution in [2.75, 3.05) is 6.61 Å². The van der Waals surface area contributed by atoms with Crippen molar-refractivity contribution in [2.45, 2.75) is 23.6 Å². The minimum atomic E-state index is -0.560. The molecule has 1 aliphatic rings. The molecule has 16 heavy (non-hydrogen) atoms. The first-order valence-electron chi connectivity index (χ1n) is 4.71. The van der Waals surface area contributed by atoms with Gasteiger partial charge in [0.1, 0.15) is 12.4 Å². The summed E-state index contributed by atoms with van der Waals surface area (Å²) in [5.41, 5.74) is 0. The minimum Gasteiger partial charge on any atom is -0.394 e. The molecule has 8 heteroatoms. The molecule has 1 unspecified atom stereocenters. The molecule has 0 radical (unpaired) electrons. The average Bonchev–Trinajstić information content (AvgIpc) is 2.82. The molecule has 88 valence electrons. The lowest BCUT2D eigenvalue weighted by molar-refractivity contribution is -0.398. The van der Waals surface area contributed by atoms with Gasteiger partial charge in [0.05, 0.1) is 17.5 Å². The van der Waals surface area contributed by atoms with Crippen molar-refractivity contribution in [1.82, 2.24) is 9.55 Å². The molecule has 1 N–H and O–H groups in total. The number of aromatic nitrogens is 2. The number of ether oxygens (including phenoxy) is 1. The highest BCUT2D eigenvalue weighted by atomic mass is 79.9. The molecule has 7 nitrogen and oxygen atoms in total. The maximum Gasteiger partial charge on any atom is 0.436 e. The van der Waals surface area contributed by atoms with Crippen LogP contribution < -0.4 is 0 Å². The van der Waals surface area contributed by atoms with E-state index in [2.05, 4.69) is 20.9 Å². The topological polar surface area (TPSA) is 90.4 Å². The smallest absolute Gasteiger partial charge is 0.394 e. The molecule has 3 atom stereocenters. The van der Waals surface area contributed by atoms with Crippen LogP contribution in [-0.2, 0) is 4.74 Å². The van der Waals surface area contributed by atoms with Crippen molar-refractivity contribution in [3.05, 3.63) is 22.5 Å². The fraction of sp³-hybridized carbons (Fsp3) is 0.625. The Hall–Kier alpha value is -0.990. The predicted molar refractivity (Wildman–Crippen MR) is 57.2 cm³/mol. The molecule has 1 saturated heterocycles. The van der Waals surface area contributed by atoms with Gasteiger partial charge >= 0.3 is 5.95 Å². The number of hydrogen-bond donors (Lipinski definition) is 1. The molecule has 0 aromatic carbocycles. The van der Waals surface area contributed by atoms with E-state index in [-0.39, 0.29) is 23.5 Å². The fourth-order valence-corrected chi connectivity index (χ4v) is 2.50. The van der Waals surface area contributed by atoms with E-state index in [1.54, 1.807) is 0 Å². The van der Waals surface area contributed by atoms with Gasteiger partial charge in [0.25, 0.3) is 0 Å². The van der Waals surface area contributed by atoms with Crippen LogP contribution in [-0.4, -0.2) is 37.1 Å². The van der Waals surface area contributed by atoms with Gasteiger partial charge in [0.15, 0.2) is 6.23 Å². The highest BCUT2D eigenvalue weighted by Gasteiger charge is 2.39. The van der Waals surface area contributed by atoms with E-state index < -0.39 is 11.2 Å². The fourth-order valence-electron chi connectivity index (χ4n) is 1.71. The van der Waals surface area contributed by atoms with Crippen molar-refractivity contribution in [3.8, 4) is 0 Å². The zero-order valence-electron chi connectivity index (χ0n) is 8.19. The van der Waals surface area contributed by atoms with Gasteiger partial charge in [-0.2, -0.15) is 0 Å². The average molecular weight is 292 g/mol. The van der Waals surface area contributed by atoms with Crippen LogP contribution in [0.15, 0.2) is 12.4 Å². The summed E-state index contributed by atoms with van der Waals surface area (Å²) in [6.45, 7) is -0.0961. The molecule has 1 aromatic rings. The number of imidazole rings is 1. The summed E-state index contributed by atoms with van der Waals surface area (Å²) in [6, 6.07) is 0. The first kappa shape index (κ1) is 11.5. The summed E-state index contributed by atoms with van der Waals surface area (Å²) < 4.78 is 6.84. The van der Waals surface area contributed by atoms with Crippen LogP contribution in [0, 0.1) is 10.1 Å². The Morgan fingerprint density at radius 2 is 2.56 bits per heavy atom. The highest BCUT2D eigenvalue weighted by molar-refractivity contribution is 9.09. The van der Waals surface area contributed by atoms with Gasteiger partial charge < -0.3 is 20.0 Å². The second-order valence-electron chi connectivity index (χ2n) is 3.47. The third-order valence-corrected chi connectivity index (χ3v) is 3.24. The number of nitro groups is 1. The Morgan fingerprint density at radius 3 is 3.12 bits per heavy atom. The molecule has 0 spiro atoms. The molecule has 2 heterocycles. The zero-order valence-corrected chi connectivity index (χ0v) is 9.78. The van der Waals surface area contributed by atoms with Crippen LogP contribution in [0.2, 0.25) is 0 Å². The van der Waals surface area contributed by atoms with Gasteiger partial charge in [-0.1, -0.05) is 20.9 Å². The van der Waals surface area contributed by atoms with E-state index in [4.69, 9.17) is 9.84 Å². The SMILES string of the molecule is O=[N+]([O-])c1nccn1[C@@H]1OC(CO)C[C@H]1Br. The van der Waals surface area contributed by atoms with Crippen LogP contribution >= 0.6 is 15.9 Å². The Kier molecular flexibility index (Phi) is 3.22. The third-order valence-electron chi connectivity index (χ3n) is 2.42. The molecule has 0 amide bonds. The third kappa shape index (κ3) is 1.95. The molecule has 0 saturated carbocycles. The maximum absolute atomic E-state index is 10.7. The molecular weight excluding hydrogens is 282 g/mol. The van der Waals surface area contributed by atoms with Gasteiger partial charge in [-0.3, -0.25) is 0 Å². The van der Waals surface area contributed by atoms with E-state index in [9.17, 15) is 10.1 Å². The summed E-state index contributed by atoms with van der Waals surface area (Å²) in [5, 5.41) is 19.7. The highest BCUT2D eigenvalue weighted by Crippen LogP contribution is 2.35. The quantitative estimate of drug-likeness (QED) is 0.506. The first-order valence-corrected chi connectivity index (χ1v) is 5.62. The summed E-state index contributed by atoms with van der Waals surface area (Å²) in [4.78, 5) is 13.7. The van der Waals surface area contributed by atoms with Crippen LogP contribution in [0.4, 0.5) is 5.95 Å². The van der Waals surface area contributed by atoms with Crippen molar-refractivity contribution >= 4 is 21.9 Å². The van der Waals surface area contributed by atoms with E-state index in [1.165, 1.54) is 17.0 Å². The Labute approximate surface area is 99.3 Å². The van der Waals surface area contributed by atoms with Crippen molar-refractivity contribution in [1.29, 1.82) is 0 Å². The normalized spacial score (nSPS) is 29.5. The molecule has 0 bridgehead atoms. The number of halogens is 1. The molecule has 0 aliphatic carbocycles. The second kappa shape index (κ2) is 4.48. The first-order chi connectivity index (χ1) is 7.63. The number of aliphatic hydroxyl groups is 1. The van der Waals surface area contributed by atoms with E-state index in [0.717, 1.165) is 0 Å². The van der Waals surface area contributed by atoms with E-state index in [0.29, 0.717) is 6.42 Å². The van der Waals surface area contributed by atoms with Gasteiger partial charge in [-0.05, 0) is 11.3 Å². The molecule has 1 aliphatic heterocycles. The van der Waals surface area contributed by atoms with E-state index in [1.807, 2.05) is 0 Å². The predicted octanol–water partition coefficient (Wildman–Crippen LogP) is 0.835. The minimum absolute atomic E-state index is 0.0717. The van der Waals surface area contributed by atoms with Crippen LogP contribution in [0.1, 0.15) is 12.6 Å². The number of rotatable bonds is 3.